The molecule has 6 nitrogen and oxygen atoms in total. The number of pyridine rings is 1. The van der Waals surface area contributed by atoms with Crippen molar-refractivity contribution >= 4 is 11.6 Å². The van der Waals surface area contributed by atoms with Crippen molar-refractivity contribution in [3.05, 3.63) is 54.0 Å². The molecule has 0 bridgehead atoms. The van der Waals surface area contributed by atoms with Crippen molar-refractivity contribution in [3.63, 3.8) is 0 Å². The molecular weight excluding hydrogens is 266 g/mol. The van der Waals surface area contributed by atoms with Crippen molar-refractivity contribution in [2.45, 2.75) is 26.3 Å². The minimum Gasteiger partial charge on any atom is -0.344 e. The predicted octanol–water partition coefficient (Wildman–Crippen LogP) is 2.25. The second-order valence-corrected chi connectivity index (χ2v) is 4.98. The number of H-pyrrole nitrogens is 1. The van der Waals surface area contributed by atoms with Crippen LogP contribution in [0, 0.1) is 6.92 Å². The smallest absolute Gasteiger partial charge is 0.272 e. The van der Waals surface area contributed by atoms with E-state index in [1.807, 2.05) is 42.6 Å². The molecule has 2 N–H and O–H groups in total. The van der Waals surface area contributed by atoms with Crippen LogP contribution in [-0.4, -0.2) is 25.3 Å². The summed E-state index contributed by atoms with van der Waals surface area (Å²) < 4.78 is 1.83. The minimum atomic E-state index is -0.195. The number of rotatable bonds is 4. The summed E-state index contributed by atoms with van der Waals surface area (Å²) in [5, 5.41) is 2.97. The van der Waals surface area contributed by atoms with Gasteiger partial charge in [0.2, 0.25) is 0 Å². The van der Waals surface area contributed by atoms with Crippen molar-refractivity contribution in [2.75, 3.05) is 0 Å². The Hall–Kier alpha value is -2.63. The normalized spacial score (nSPS) is 12.5. The van der Waals surface area contributed by atoms with E-state index >= 15 is 0 Å². The number of nitrogens with zero attached hydrogens (tertiary/aromatic N) is 3. The topological polar surface area (TPSA) is 75.1 Å². The van der Waals surface area contributed by atoms with Gasteiger partial charge in [-0.1, -0.05) is 13.0 Å². The fourth-order valence-electron chi connectivity index (χ4n) is 2.25. The number of hydrogen-bond acceptors (Lipinski definition) is 3. The molecule has 21 heavy (non-hydrogen) atoms. The maximum atomic E-state index is 12.3. The van der Waals surface area contributed by atoms with Crippen LogP contribution < -0.4 is 5.32 Å². The second kappa shape index (κ2) is 5.40. The van der Waals surface area contributed by atoms with Crippen LogP contribution >= 0.6 is 0 Å². The Bertz CT molecular complexity index is 740. The number of hydrogen-bond donors (Lipinski definition) is 2. The van der Waals surface area contributed by atoms with E-state index in [-0.39, 0.29) is 11.9 Å². The van der Waals surface area contributed by atoms with Gasteiger partial charge >= 0.3 is 0 Å². The van der Waals surface area contributed by atoms with Gasteiger partial charge in [0.1, 0.15) is 17.2 Å². The van der Waals surface area contributed by atoms with Crippen molar-refractivity contribution in [3.8, 4) is 0 Å². The minimum absolute atomic E-state index is 0.143. The lowest BCUT2D eigenvalue weighted by Gasteiger charge is -2.13. The Morgan fingerprint density at radius 1 is 1.48 bits per heavy atom. The van der Waals surface area contributed by atoms with Gasteiger partial charge in [-0.2, -0.15) is 0 Å². The molecule has 0 aromatic carbocycles. The Kier molecular flexibility index (Phi) is 3.43. The fraction of sp³-hybridized carbons (Fsp3) is 0.267. The van der Waals surface area contributed by atoms with Gasteiger partial charge in [-0.25, -0.2) is 9.97 Å². The zero-order chi connectivity index (χ0) is 14.8. The highest BCUT2D eigenvalue weighted by Gasteiger charge is 2.18. The van der Waals surface area contributed by atoms with Gasteiger partial charge in [0.15, 0.2) is 0 Å². The maximum Gasteiger partial charge on any atom is 0.272 e. The average Bonchev–Trinajstić information content (AvgIpc) is 3.10. The van der Waals surface area contributed by atoms with Crippen molar-refractivity contribution in [2.24, 2.45) is 0 Å². The second-order valence-electron chi connectivity index (χ2n) is 4.98. The summed E-state index contributed by atoms with van der Waals surface area (Å²) in [6.45, 7) is 3.94. The lowest BCUT2D eigenvalue weighted by Crippen LogP contribution is -2.29. The predicted molar refractivity (Wildman–Crippen MR) is 79.0 cm³/mol. The van der Waals surface area contributed by atoms with Crippen LogP contribution in [0.1, 0.15) is 41.4 Å². The lowest BCUT2D eigenvalue weighted by molar-refractivity contribution is 0.0929. The first-order valence-corrected chi connectivity index (χ1v) is 6.93. The number of imidazole rings is 2. The monoisotopic (exact) mass is 283 g/mol. The van der Waals surface area contributed by atoms with E-state index < -0.39 is 0 Å². The third-order valence-corrected chi connectivity index (χ3v) is 3.36. The number of carbonyl (C=O) groups is 1. The molecule has 6 heteroatoms. The van der Waals surface area contributed by atoms with Crippen molar-refractivity contribution < 1.29 is 4.79 Å². The molecule has 3 rings (SSSR count). The fourth-order valence-corrected chi connectivity index (χ4v) is 2.25. The summed E-state index contributed by atoms with van der Waals surface area (Å²) in [7, 11) is 0. The Morgan fingerprint density at radius 3 is 3.00 bits per heavy atom. The molecule has 3 heterocycles. The zero-order valence-corrected chi connectivity index (χ0v) is 12.0. The molecule has 0 spiro atoms. The van der Waals surface area contributed by atoms with Gasteiger partial charge in [0.05, 0.1) is 6.04 Å². The quantitative estimate of drug-likeness (QED) is 0.771. The van der Waals surface area contributed by atoms with Crippen LogP contribution in [0.4, 0.5) is 0 Å². The summed E-state index contributed by atoms with van der Waals surface area (Å²) in [4.78, 5) is 24.1. The number of carbonyl (C=O) groups excluding carboxylic acids is 1. The molecule has 0 aliphatic carbocycles. The van der Waals surface area contributed by atoms with E-state index in [4.69, 9.17) is 0 Å². The first-order chi connectivity index (χ1) is 10.2. The summed E-state index contributed by atoms with van der Waals surface area (Å²) in [6, 6.07) is 5.52. The number of fused-ring (bicyclic) bond motifs is 1. The van der Waals surface area contributed by atoms with Crippen LogP contribution in [0.25, 0.3) is 5.65 Å². The molecular formula is C15H17N5O. The first-order valence-electron chi connectivity index (χ1n) is 6.93. The Labute approximate surface area is 122 Å². The highest BCUT2D eigenvalue weighted by atomic mass is 16.2. The Balaban J connectivity index is 1.81. The molecule has 108 valence electrons. The molecule has 0 aliphatic heterocycles. The van der Waals surface area contributed by atoms with E-state index in [1.165, 1.54) is 0 Å². The van der Waals surface area contributed by atoms with Gasteiger partial charge in [0.25, 0.3) is 5.91 Å². The average molecular weight is 283 g/mol. The molecule has 0 saturated heterocycles. The Morgan fingerprint density at radius 2 is 2.33 bits per heavy atom. The van der Waals surface area contributed by atoms with Crippen LogP contribution in [0.3, 0.4) is 0 Å². The first kappa shape index (κ1) is 13.4. The molecule has 0 radical (unpaired) electrons. The molecule has 0 fully saturated rings. The van der Waals surface area contributed by atoms with Crippen LogP contribution in [0.5, 0.6) is 0 Å². The summed E-state index contributed by atoms with van der Waals surface area (Å²) in [5.74, 6) is 0.576. The van der Waals surface area contributed by atoms with Gasteiger partial charge in [-0.05, 0) is 25.5 Å². The highest BCUT2D eigenvalue weighted by Crippen LogP contribution is 2.14. The molecule has 1 atom stereocenters. The zero-order valence-electron chi connectivity index (χ0n) is 12.0. The third kappa shape index (κ3) is 2.65. The molecule has 0 unspecified atom stereocenters. The van der Waals surface area contributed by atoms with E-state index in [9.17, 15) is 4.79 Å². The van der Waals surface area contributed by atoms with Crippen LogP contribution in [0.2, 0.25) is 0 Å². The van der Waals surface area contributed by atoms with Gasteiger partial charge < -0.3 is 14.7 Å². The largest absolute Gasteiger partial charge is 0.344 e. The molecule has 0 saturated carbocycles. The van der Waals surface area contributed by atoms with Crippen LogP contribution in [0.15, 0.2) is 36.8 Å². The summed E-state index contributed by atoms with van der Waals surface area (Å²) >= 11 is 0. The van der Waals surface area contributed by atoms with Crippen LogP contribution in [-0.2, 0) is 0 Å². The summed E-state index contributed by atoms with van der Waals surface area (Å²) in [5.41, 5.74) is 2.14. The number of aromatic nitrogens is 4. The number of amides is 1. The number of nitrogens with one attached hydrogen (secondary N) is 2. The van der Waals surface area contributed by atoms with E-state index in [0.717, 1.165) is 23.6 Å². The molecule has 3 aromatic rings. The van der Waals surface area contributed by atoms with Gasteiger partial charge in [-0.15, -0.1) is 0 Å². The highest BCUT2D eigenvalue weighted by molar-refractivity contribution is 5.93. The van der Waals surface area contributed by atoms with E-state index in [0.29, 0.717) is 5.69 Å². The molecule has 1 amide bonds. The lowest BCUT2D eigenvalue weighted by atomic mass is 10.2. The summed E-state index contributed by atoms with van der Waals surface area (Å²) in [6.07, 6.45) is 6.11. The standard InChI is InChI=1S/C15H17N5O/c1-3-11(14-16-8-10(2)17-14)19-15(21)12-9-20-7-5-4-6-13(20)18-12/h4-9,11H,3H2,1-2H3,(H,16,17)(H,19,21)/t11-/m1/s1. The third-order valence-electron chi connectivity index (χ3n) is 3.36. The number of aromatic amines is 1. The van der Waals surface area contributed by atoms with E-state index in [1.54, 1.807) is 12.4 Å². The van der Waals surface area contributed by atoms with Crippen molar-refractivity contribution in [1.82, 2.24) is 24.7 Å². The number of aryl methyl sites for hydroxylation is 1. The SMILES string of the molecule is CC[C@@H](NC(=O)c1cn2ccccc2n1)c1ncc(C)[nH]1. The van der Waals surface area contributed by atoms with Gasteiger partial charge in [-0.3, -0.25) is 4.79 Å². The van der Waals surface area contributed by atoms with Crippen molar-refractivity contribution in [1.29, 1.82) is 0 Å². The molecule has 3 aromatic heterocycles. The maximum absolute atomic E-state index is 12.3. The molecule has 0 aliphatic rings. The van der Waals surface area contributed by atoms with Gasteiger partial charge in [0, 0.05) is 24.3 Å². The van der Waals surface area contributed by atoms with E-state index in [2.05, 4.69) is 20.3 Å².